The summed E-state index contributed by atoms with van der Waals surface area (Å²) in [7, 11) is 0. The minimum atomic E-state index is 0.354. The van der Waals surface area contributed by atoms with Crippen molar-refractivity contribution in [3.63, 3.8) is 0 Å². The van der Waals surface area contributed by atoms with Gasteiger partial charge in [0, 0.05) is 5.69 Å². The molecule has 1 heterocycles. The highest BCUT2D eigenvalue weighted by molar-refractivity contribution is 5.56. The van der Waals surface area contributed by atoms with Crippen LogP contribution in [-0.2, 0) is 6.54 Å². The van der Waals surface area contributed by atoms with Gasteiger partial charge in [0.05, 0.1) is 23.4 Å². The number of hydrogen-bond donors (Lipinski definition) is 1. The summed E-state index contributed by atoms with van der Waals surface area (Å²) >= 11 is 0. The van der Waals surface area contributed by atoms with Gasteiger partial charge in [-0.3, -0.25) is 0 Å². The number of nitriles is 2. The summed E-state index contributed by atoms with van der Waals surface area (Å²) in [4.78, 5) is 4.26. The molecule has 0 aliphatic rings. The van der Waals surface area contributed by atoms with Crippen LogP contribution in [0, 0.1) is 36.5 Å². The summed E-state index contributed by atoms with van der Waals surface area (Å²) in [6.45, 7) is 4.19. The molecule has 0 bridgehead atoms. The summed E-state index contributed by atoms with van der Waals surface area (Å²) in [6, 6.07) is 8.98. The molecular weight excluding hydrogens is 240 g/mol. The Morgan fingerprint density at radius 2 is 1.95 bits per heavy atom. The van der Waals surface area contributed by atoms with Crippen molar-refractivity contribution in [3.05, 3.63) is 46.7 Å². The van der Waals surface area contributed by atoms with E-state index in [2.05, 4.69) is 10.3 Å². The Hall–Kier alpha value is -2.79. The van der Waals surface area contributed by atoms with Crippen molar-refractivity contribution in [2.75, 3.05) is 5.32 Å². The molecule has 1 aromatic carbocycles. The normalized spacial score (nSPS) is 9.68. The van der Waals surface area contributed by atoms with Gasteiger partial charge in [-0.25, -0.2) is 4.98 Å². The molecule has 1 aromatic heterocycles. The van der Waals surface area contributed by atoms with Gasteiger partial charge in [0.1, 0.15) is 17.9 Å². The summed E-state index contributed by atoms with van der Waals surface area (Å²) in [5, 5.41) is 20.9. The van der Waals surface area contributed by atoms with Gasteiger partial charge in [0.25, 0.3) is 0 Å². The molecular formula is C14H12N4O. The number of oxazole rings is 1. The molecule has 0 saturated carbocycles. The van der Waals surface area contributed by atoms with Gasteiger partial charge in [-0.15, -0.1) is 0 Å². The van der Waals surface area contributed by atoms with Crippen molar-refractivity contribution >= 4 is 5.69 Å². The van der Waals surface area contributed by atoms with Crippen LogP contribution in [0.5, 0.6) is 0 Å². The van der Waals surface area contributed by atoms with Crippen molar-refractivity contribution in [1.29, 1.82) is 10.5 Å². The van der Waals surface area contributed by atoms with Crippen LogP contribution in [0.4, 0.5) is 5.69 Å². The lowest BCUT2D eigenvalue weighted by Gasteiger charge is -2.04. The molecule has 0 saturated heterocycles. The van der Waals surface area contributed by atoms with Crippen LogP contribution >= 0.6 is 0 Å². The fraction of sp³-hybridized carbons (Fsp3) is 0.214. The number of rotatable bonds is 3. The first-order chi connectivity index (χ1) is 9.13. The lowest BCUT2D eigenvalue weighted by Crippen LogP contribution is -2.00. The highest BCUT2D eigenvalue weighted by Gasteiger charge is 2.06. The minimum Gasteiger partial charge on any atom is -0.444 e. The van der Waals surface area contributed by atoms with Crippen LogP contribution in [-0.4, -0.2) is 4.98 Å². The van der Waals surface area contributed by atoms with Gasteiger partial charge in [0.2, 0.25) is 5.89 Å². The molecule has 0 aliphatic heterocycles. The fourth-order valence-electron chi connectivity index (χ4n) is 1.64. The van der Waals surface area contributed by atoms with Crippen molar-refractivity contribution in [3.8, 4) is 12.1 Å². The highest BCUT2D eigenvalue weighted by atomic mass is 16.4. The number of hydrogen-bond acceptors (Lipinski definition) is 5. The molecule has 2 aromatic rings. The number of nitrogens with zero attached hydrogens (tertiary/aromatic N) is 3. The van der Waals surface area contributed by atoms with Gasteiger partial charge in [-0.2, -0.15) is 10.5 Å². The SMILES string of the molecule is Cc1nc(CNc2ccc(C#N)c(C#N)c2)oc1C. The number of aromatic nitrogens is 1. The summed E-state index contributed by atoms with van der Waals surface area (Å²) in [5.41, 5.74) is 2.35. The van der Waals surface area contributed by atoms with Crippen LogP contribution < -0.4 is 5.32 Å². The van der Waals surface area contributed by atoms with E-state index in [1.54, 1.807) is 18.2 Å². The predicted octanol–water partition coefficient (Wildman–Crippen LogP) is 2.65. The zero-order valence-corrected chi connectivity index (χ0v) is 10.7. The standard InChI is InChI=1S/C14H12N4O/c1-9-10(2)19-14(18-9)8-17-13-4-3-11(6-15)12(5-13)7-16/h3-5,17H,8H2,1-2H3. The van der Waals surface area contributed by atoms with Crippen LogP contribution in [0.15, 0.2) is 22.6 Å². The molecule has 0 fully saturated rings. The zero-order valence-electron chi connectivity index (χ0n) is 10.7. The Kier molecular flexibility index (Phi) is 3.49. The van der Waals surface area contributed by atoms with Gasteiger partial charge >= 0.3 is 0 Å². The molecule has 94 valence electrons. The maximum atomic E-state index is 8.94. The lowest BCUT2D eigenvalue weighted by atomic mass is 10.1. The van der Waals surface area contributed by atoms with Crippen molar-refractivity contribution in [2.45, 2.75) is 20.4 Å². The first-order valence-electron chi connectivity index (χ1n) is 5.75. The third-order valence-corrected chi connectivity index (χ3v) is 2.78. The molecule has 5 heteroatoms. The Morgan fingerprint density at radius 1 is 1.21 bits per heavy atom. The Morgan fingerprint density at radius 3 is 2.53 bits per heavy atom. The van der Waals surface area contributed by atoms with Crippen LogP contribution in [0.25, 0.3) is 0 Å². The molecule has 0 atom stereocenters. The first kappa shape index (κ1) is 12.7. The highest BCUT2D eigenvalue weighted by Crippen LogP contribution is 2.16. The number of nitrogens with one attached hydrogen (secondary N) is 1. The van der Waals surface area contributed by atoms with Crippen LogP contribution in [0.3, 0.4) is 0 Å². The number of aryl methyl sites for hydroxylation is 2. The fourth-order valence-corrected chi connectivity index (χ4v) is 1.64. The third kappa shape index (κ3) is 2.72. The molecule has 0 aliphatic carbocycles. The quantitative estimate of drug-likeness (QED) is 0.907. The average Bonchev–Trinajstić information content (AvgIpc) is 2.75. The first-order valence-corrected chi connectivity index (χ1v) is 5.75. The number of anilines is 1. The molecule has 0 spiro atoms. The van der Waals surface area contributed by atoms with E-state index >= 15 is 0 Å². The maximum Gasteiger partial charge on any atom is 0.213 e. The van der Waals surface area contributed by atoms with Gasteiger partial charge in [-0.05, 0) is 32.0 Å². The van der Waals surface area contributed by atoms with Crippen LogP contribution in [0.2, 0.25) is 0 Å². The largest absolute Gasteiger partial charge is 0.444 e. The van der Waals surface area contributed by atoms with E-state index < -0.39 is 0 Å². The predicted molar refractivity (Wildman–Crippen MR) is 69.2 cm³/mol. The van der Waals surface area contributed by atoms with Crippen molar-refractivity contribution < 1.29 is 4.42 Å². The zero-order chi connectivity index (χ0) is 13.8. The Bertz CT molecular complexity index is 669. The molecule has 0 radical (unpaired) electrons. The van der Waals surface area contributed by atoms with E-state index in [0.717, 1.165) is 17.1 Å². The van der Waals surface area contributed by atoms with Gasteiger partial charge in [0.15, 0.2) is 0 Å². The molecule has 0 unspecified atom stereocenters. The smallest absolute Gasteiger partial charge is 0.213 e. The molecule has 5 nitrogen and oxygen atoms in total. The topological polar surface area (TPSA) is 85.6 Å². The molecule has 1 N–H and O–H groups in total. The number of benzene rings is 1. The van der Waals surface area contributed by atoms with E-state index in [9.17, 15) is 0 Å². The summed E-state index contributed by atoms with van der Waals surface area (Å²) < 4.78 is 5.45. The van der Waals surface area contributed by atoms with E-state index in [1.165, 1.54) is 0 Å². The Balaban J connectivity index is 2.12. The monoisotopic (exact) mass is 252 g/mol. The van der Waals surface area contributed by atoms with E-state index in [1.807, 2.05) is 26.0 Å². The third-order valence-electron chi connectivity index (χ3n) is 2.78. The van der Waals surface area contributed by atoms with Crippen molar-refractivity contribution in [2.24, 2.45) is 0 Å². The average molecular weight is 252 g/mol. The second kappa shape index (κ2) is 5.24. The van der Waals surface area contributed by atoms with E-state index in [4.69, 9.17) is 14.9 Å². The summed E-state index contributed by atoms with van der Waals surface area (Å²) in [5.74, 6) is 1.40. The maximum absolute atomic E-state index is 8.94. The van der Waals surface area contributed by atoms with Crippen molar-refractivity contribution in [1.82, 2.24) is 4.98 Å². The lowest BCUT2D eigenvalue weighted by molar-refractivity contribution is 0.478. The Labute approximate surface area is 111 Å². The van der Waals surface area contributed by atoms with Crippen LogP contribution in [0.1, 0.15) is 28.5 Å². The van der Waals surface area contributed by atoms with Gasteiger partial charge < -0.3 is 9.73 Å². The minimum absolute atomic E-state index is 0.354. The van der Waals surface area contributed by atoms with E-state index in [0.29, 0.717) is 23.6 Å². The van der Waals surface area contributed by atoms with E-state index in [-0.39, 0.29) is 0 Å². The second-order valence-corrected chi connectivity index (χ2v) is 4.09. The molecule has 0 amide bonds. The second-order valence-electron chi connectivity index (χ2n) is 4.09. The molecule has 2 rings (SSSR count). The molecule has 19 heavy (non-hydrogen) atoms. The summed E-state index contributed by atoms with van der Waals surface area (Å²) in [6.07, 6.45) is 0. The van der Waals surface area contributed by atoms with Gasteiger partial charge in [-0.1, -0.05) is 0 Å².